The summed E-state index contributed by atoms with van der Waals surface area (Å²) in [6.07, 6.45) is 0. The molecule has 9 heteroatoms. The van der Waals surface area contributed by atoms with Crippen LogP contribution in [0.2, 0.25) is 0 Å². The molecule has 0 spiro atoms. The van der Waals surface area contributed by atoms with E-state index in [1.54, 1.807) is 50.4 Å². The highest BCUT2D eigenvalue weighted by Crippen LogP contribution is 2.22. The van der Waals surface area contributed by atoms with Gasteiger partial charge in [-0.05, 0) is 55.9 Å². The lowest BCUT2D eigenvalue weighted by Crippen LogP contribution is -2.52. The molecule has 0 aliphatic carbocycles. The van der Waals surface area contributed by atoms with E-state index in [0.717, 1.165) is 26.2 Å². The SMILES string of the molecule is COc1ccc(NS(=O)(=O)c2cc(C(=O)NN3CCN(C)CC3)ccc2C)cc1. The number of hydrogen-bond acceptors (Lipinski definition) is 6. The number of nitrogens with one attached hydrogen (secondary N) is 2. The van der Waals surface area contributed by atoms with Crippen LogP contribution >= 0.6 is 0 Å². The van der Waals surface area contributed by atoms with Gasteiger partial charge in [0.1, 0.15) is 5.75 Å². The first-order chi connectivity index (χ1) is 13.8. The monoisotopic (exact) mass is 418 g/mol. The zero-order valence-corrected chi connectivity index (χ0v) is 17.6. The van der Waals surface area contributed by atoms with Crippen molar-refractivity contribution in [1.82, 2.24) is 15.3 Å². The third-order valence-corrected chi connectivity index (χ3v) is 6.37. The summed E-state index contributed by atoms with van der Waals surface area (Å²) in [6, 6.07) is 11.3. The maximum absolute atomic E-state index is 12.9. The first kappa shape index (κ1) is 21.1. The Hall–Kier alpha value is -2.62. The molecular weight excluding hydrogens is 392 g/mol. The van der Waals surface area contributed by atoms with Crippen molar-refractivity contribution in [1.29, 1.82) is 0 Å². The normalized spacial score (nSPS) is 15.7. The number of ether oxygens (including phenoxy) is 1. The van der Waals surface area contributed by atoms with Crippen LogP contribution in [0.4, 0.5) is 5.69 Å². The zero-order chi connectivity index (χ0) is 21.0. The summed E-state index contributed by atoms with van der Waals surface area (Å²) >= 11 is 0. The predicted molar refractivity (Wildman–Crippen MR) is 112 cm³/mol. The molecule has 1 aliphatic rings. The summed E-state index contributed by atoms with van der Waals surface area (Å²) in [5.74, 6) is 0.308. The molecule has 0 saturated carbocycles. The number of sulfonamides is 1. The maximum atomic E-state index is 12.9. The van der Waals surface area contributed by atoms with E-state index in [2.05, 4.69) is 15.0 Å². The summed E-state index contributed by atoms with van der Waals surface area (Å²) in [4.78, 5) is 14.9. The molecule has 2 aromatic carbocycles. The smallest absolute Gasteiger partial charge is 0.265 e. The minimum absolute atomic E-state index is 0.0688. The van der Waals surface area contributed by atoms with E-state index in [4.69, 9.17) is 4.74 Å². The molecular formula is C20H26N4O4S. The number of nitrogens with zero attached hydrogens (tertiary/aromatic N) is 2. The van der Waals surface area contributed by atoms with Gasteiger partial charge in [-0.3, -0.25) is 14.9 Å². The number of benzene rings is 2. The highest BCUT2D eigenvalue weighted by atomic mass is 32.2. The van der Waals surface area contributed by atoms with Gasteiger partial charge in [0.05, 0.1) is 12.0 Å². The summed E-state index contributed by atoms with van der Waals surface area (Å²) in [5.41, 5.74) is 4.12. The molecule has 29 heavy (non-hydrogen) atoms. The molecule has 1 fully saturated rings. The Labute approximate surface area is 171 Å². The van der Waals surface area contributed by atoms with Gasteiger partial charge >= 0.3 is 0 Å². The third kappa shape index (κ3) is 5.26. The molecule has 156 valence electrons. The average molecular weight is 419 g/mol. The van der Waals surface area contributed by atoms with Crippen molar-refractivity contribution in [2.75, 3.05) is 45.1 Å². The van der Waals surface area contributed by atoms with Gasteiger partial charge in [-0.25, -0.2) is 13.4 Å². The van der Waals surface area contributed by atoms with Crippen molar-refractivity contribution in [3.63, 3.8) is 0 Å². The lowest BCUT2D eigenvalue weighted by atomic mass is 10.1. The number of anilines is 1. The van der Waals surface area contributed by atoms with E-state index in [-0.39, 0.29) is 10.8 Å². The predicted octanol–water partition coefficient (Wildman–Crippen LogP) is 1.70. The maximum Gasteiger partial charge on any atom is 0.265 e. The molecule has 0 radical (unpaired) electrons. The number of likely N-dealkylation sites (N-methyl/N-ethyl adjacent to an activating group) is 1. The lowest BCUT2D eigenvalue weighted by Gasteiger charge is -2.32. The minimum Gasteiger partial charge on any atom is -0.497 e. The van der Waals surface area contributed by atoms with Gasteiger partial charge in [-0.1, -0.05) is 6.07 Å². The molecule has 0 atom stereocenters. The molecule has 3 rings (SSSR count). The summed E-state index contributed by atoms with van der Waals surface area (Å²) in [5, 5.41) is 1.85. The molecule has 2 N–H and O–H groups in total. The quantitative estimate of drug-likeness (QED) is 0.742. The van der Waals surface area contributed by atoms with Gasteiger partial charge in [0, 0.05) is 37.4 Å². The number of aryl methyl sites for hydroxylation is 1. The molecule has 1 amide bonds. The lowest BCUT2D eigenvalue weighted by molar-refractivity contribution is 0.0662. The van der Waals surface area contributed by atoms with Crippen molar-refractivity contribution < 1.29 is 17.9 Å². The van der Waals surface area contributed by atoms with Gasteiger partial charge in [0.25, 0.3) is 15.9 Å². The van der Waals surface area contributed by atoms with E-state index >= 15 is 0 Å². The number of methoxy groups -OCH3 is 1. The molecule has 1 aliphatic heterocycles. The molecule has 8 nitrogen and oxygen atoms in total. The molecule has 1 heterocycles. The number of hydrazine groups is 1. The Morgan fingerprint density at radius 1 is 1.03 bits per heavy atom. The van der Waals surface area contributed by atoms with Crippen LogP contribution in [0.15, 0.2) is 47.4 Å². The van der Waals surface area contributed by atoms with Crippen LogP contribution in [0.5, 0.6) is 5.75 Å². The van der Waals surface area contributed by atoms with E-state index in [9.17, 15) is 13.2 Å². The fraction of sp³-hybridized carbons (Fsp3) is 0.350. The van der Waals surface area contributed by atoms with Crippen molar-refractivity contribution in [2.24, 2.45) is 0 Å². The van der Waals surface area contributed by atoms with Crippen molar-refractivity contribution >= 4 is 21.6 Å². The summed E-state index contributed by atoms with van der Waals surface area (Å²) in [7, 11) is -0.274. The second kappa shape index (κ2) is 8.81. The van der Waals surface area contributed by atoms with Gasteiger partial charge in [0.2, 0.25) is 0 Å². The number of carbonyl (C=O) groups excluding carboxylic acids is 1. The van der Waals surface area contributed by atoms with Crippen molar-refractivity contribution in [2.45, 2.75) is 11.8 Å². The Morgan fingerprint density at radius 3 is 2.31 bits per heavy atom. The van der Waals surface area contributed by atoms with Crippen LogP contribution in [-0.4, -0.2) is 64.6 Å². The second-order valence-corrected chi connectivity index (χ2v) is 8.70. The standard InChI is InChI=1S/C20H26N4O4S/c1-15-4-5-16(20(25)21-24-12-10-23(2)11-13-24)14-19(15)29(26,27)22-17-6-8-18(28-3)9-7-17/h4-9,14,22H,10-13H2,1-3H3,(H,21,25). The molecule has 0 bridgehead atoms. The second-order valence-electron chi connectivity index (χ2n) is 7.05. The van der Waals surface area contributed by atoms with Gasteiger partial charge in [-0.2, -0.15) is 0 Å². The van der Waals surface area contributed by atoms with Crippen molar-refractivity contribution in [3.8, 4) is 5.75 Å². The Bertz CT molecular complexity index is 968. The van der Waals surface area contributed by atoms with Crippen LogP contribution < -0.4 is 14.9 Å². The molecule has 0 aromatic heterocycles. The molecule has 0 unspecified atom stereocenters. The summed E-state index contributed by atoms with van der Waals surface area (Å²) < 4.78 is 33.4. The van der Waals surface area contributed by atoms with Gasteiger partial charge in [-0.15, -0.1) is 0 Å². The Morgan fingerprint density at radius 2 is 1.69 bits per heavy atom. The number of carbonyl (C=O) groups is 1. The topological polar surface area (TPSA) is 91.0 Å². The largest absolute Gasteiger partial charge is 0.497 e. The third-order valence-electron chi connectivity index (χ3n) is 4.85. The Balaban J connectivity index is 1.77. The van der Waals surface area contributed by atoms with Crippen LogP contribution in [0.1, 0.15) is 15.9 Å². The van der Waals surface area contributed by atoms with Crippen LogP contribution in [0.25, 0.3) is 0 Å². The highest BCUT2D eigenvalue weighted by molar-refractivity contribution is 7.92. The van der Waals surface area contributed by atoms with Gasteiger partial charge in [0.15, 0.2) is 0 Å². The van der Waals surface area contributed by atoms with E-state index in [0.29, 0.717) is 22.6 Å². The Kier molecular flexibility index (Phi) is 6.41. The van der Waals surface area contributed by atoms with Gasteiger partial charge < -0.3 is 9.64 Å². The molecule has 2 aromatic rings. The van der Waals surface area contributed by atoms with E-state index < -0.39 is 10.0 Å². The van der Waals surface area contributed by atoms with Crippen LogP contribution in [0.3, 0.4) is 0 Å². The first-order valence-electron chi connectivity index (χ1n) is 9.30. The van der Waals surface area contributed by atoms with E-state index in [1.165, 1.54) is 6.07 Å². The summed E-state index contributed by atoms with van der Waals surface area (Å²) in [6.45, 7) is 4.86. The average Bonchev–Trinajstić information content (AvgIpc) is 2.70. The minimum atomic E-state index is -3.85. The zero-order valence-electron chi connectivity index (χ0n) is 16.8. The molecule has 1 saturated heterocycles. The fourth-order valence-corrected chi connectivity index (χ4v) is 4.36. The number of piperazine rings is 1. The van der Waals surface area contributed by atoms with E-state index in [1.807, 2.05) is 12.1 Å². The first-order valence-corrected chi connectivity index (χ1v) is 10.8. The highest BCUT2D eigenvalue weighted by Gasteiger charge is 2.21. The fourth-order valence-electron chi connectivity index (χ4n) is 3.03. The number of hydrogen-bond donors (Lipinski definition) is 2. The number of amides is 1. The van der Waals surface area contributed by atoms with Crippen molar-refractivity contribution in [3.05, 3.63) is 53.6 Å². The number of rotatable bonds is 6. The van der Waals surface area contributed by atoms with Crippen LogP contribution in [0, 0.1) is 6.92 Å². The van der Waals surface area contributed by atoms with Crippen LogP contribution in [-0.2, 0) is 10.0 Å².